The fraction of sp³-hybridized carbons (Fsp3) is 0.286. The van der Waals surface area contributed by atoms with Crippen molar-refractivity contribution >= 4 is 5.82 Å². The zero-order chi connectivity index (χ0) is 13.0. The Hall–Kier alpha value is -1.94. The first kappa shape index (κ1) is 12.5. The maximum absolute atomic E-state index is 4.26. The minimum Gasteiger partial charge on any atom is -0.373 e. The molecule has 2 rings (SSSR count). The van der Waals surface area contributed by atoms with Gasteiger partial charge in [0.2, 0.25) is 0 Å². The lowest BCUT2D eigenvalue weighted by molar-refractivity contribution is 0.403. The van der Waals surface area contributed by atoms with Gasteiger partial charge in [-0.25, -0.2) is 9.97 Å². The molecule has 0 aliphatic heterocycles. The maximum atomic E-state index is 4.26. The van der Waals surface area contributed by atoms with E-state index in [9.17, 15) is 0 Å². The molecule has 4 heteroatoms. The van der Waals surface area contributed by atoms with Crippen LogP contribution in [0, 0.1) is 0 Å². The van der Waals surface area contributed by atoms with Crippen LogP contribution in [0.25, 0.3) is 11.1 Å². The van der Waals surface area contributed by atoms with Crippen LogP contribution in [0.15, 0.2) is 36.8 Å². The van der Waals surface area contributed by atoms with Crippen molar-refractivity contribution in [2.24, 2.45) is 0 Å². The number of nitrogens with zero attached hydrogens (tertiary/aromatic N) is 3. The number of benzene rings is 1. The summed E-state index contributed by atoms with van der Waals surface area (Å²) in [7, 11) is 6.01. The number of hydrogen-bond donors (Lipinski definition) is 1. The van der Waals surface area contributed by atoms with Crippen LogP contribution in [-0.2, 0) is 6.54 Å². The Balaban J connectivity index is 2.49. The molecule has 0 amide bonds. The molecule has 0 unspecified atom stereocenters. The van der Waals surface area contributed by atoms with Crippen molar-refractivity contribution in [1.82, 2.24) is 14.9 Å². The summed E-state index contributed by atoms with van der Waals surface area (Å²) in [6, 6.07) is 8.35. The number of hydrogen-bond acceptors (Lipinski definition) is 4. The van der Waals surface area contributed by atoms with Gasteiger partial charge in [0, 0.05) is 25.4 Å². The van der Waals surface area contributed by atoms with Crippen LogP contribution in [0.5, 0.6) is 0 Å². The first-order chi connectivity index (χ1) is 8.72. The highest BCUT2D eigenvalue weighted by Crippen LogP contribution is 2.28. The Morgan fingerprint density at radius 1 is 1.17 bits per heavy atom. The highest BCUT2D eigenvalue weighted by atomic mass is 15.0. The SMILES string of the molecule is CNc1ncncc1-c1ccccc1CN(C)C. The van der Waals surface area contributed by atoms with Crippen LogP contribution >= 0.6 is 0 Å². The third-order valence-corrected chi connectivity index (χ3v) is 2.74. The molecular formula is C14H18N4. The first-order valence-corrected chi connectivity index (χ1v) is 5.93. The summed E-state index contributed by atoms with van der Waals surface area (Å²) < 4.78 is 0. The van der Waals surface area contributed by atoms with Crippen molar-refractivity contribution in [3.05, 3.63) is 42.4 Å². The van der Waals surface area contributed by atoms with E-state index < -0.39 is 0 Å². The maximum Gasteiger partial charge on any atom is 0.137 e. The molecular weight excluding hydrogens is 224 g/mol. The third kappa shape index (κ3) is 2.65. The molecule has 0 bridgehead atoms. The van der Waals surface area contributed by atoms with E-state index in [2.05, 4.69) is 52.5 Å². The topological polar surface area (TPSA) is 41.1 Å². The second-order valence-electron chi connectivity index (χ2n) is 4.43. The smallest absolute Gasteiger partial charge is 0.137 e. The molecule has 1 N–H and O–H groups in total. The number of anilines is 1. The largest absolute Gasteiger partial charge is 0.373 e. The Kier molecular flexibility index (Phi) is 3.89. The van der Waals surface area contributed by atoms with E-state index in [0.717, 1.165) is 17.9 Å². The summed E-state index contributed by atoms with van der Waals surface area (Å²) >= 11 is 0. The van der Waals surface area contributed by atoms with E-state index in [1.165, 1.54) is 11.1 Å². The van der Waals surface area contributed by atoms with Gasteiger partial charge in [0.15, 0.2) is 0 Å². The van der Waals surface area contributed by atoms with Gasteiger partial charge in [0.05, 0.1) is 0 Å². The van der Waals surface area contributed by atoms with Crippen LogP contribution in [0.3, 0.4) is 0 Å². The summed E-state index contributed by atoms with van der Waals surface area (Å²) in [5, 5.41) is 3.11. The van der Waals surface area contributed by atoms with Crippen molar-refractivity contribution in [1.29, 1.82) is 0 Å². The molecule has 0 aliphatic rings. The van der Waals surface area contributed by atoms with Gasteiger partial charge in [0.1, 0.15) is 12.1 Å². The van der Waals surface area contributed by atoms with E-state index in [0.29, 0.717) is 0 Å². The summed E-state index contributed by atoms with van der Waals surface area (Å²) in [5.74, 6) is 0.858. The quantitative estimate of drug-likeness (QED) is 0.892. The predicted octanol–water partition coefficient (Wildman–Crippen LogP) is 2.25. The Morgan fingerprint density at radius 2 is 1.94 bits per heavy atom. The Morgan fingerprint density at radius 3 is 2.67 bits per heavy atom. The van der Waals surface area contributed by atoms with Gasteiger partial charge in [-0.05, 0) is 25.2 Å². The molecule has 1 heterocycles. The lowest BCUT2D eigenvalue weighted by Gasteiger charge is -2.15. The second kappa shape index (κ2) is 5.60. The van der Waals surface area contributed by atoms with Gasteiger partial charge >= 0.3 is 0 Å². The van der Waals surface area contributed by atoms with Crippen molar-refractivity contribution < 1.29 is 0 Å². The van der Waals surface area contributed by atoms with E-state index in [1.807, 2.05) is 19.3 Å². The molecule has 0 fully saturated rings. The molecule has 0 radical (unpaired) electrons. The first-order valence-electron chi connectivity index (χ1n) is 5.93. The summed E-state index contributed by atoms with van der Waals surface area (Å²) in [4.78, 5) is 10.5. The zero-order valence-corrected chi connectivity index (χ0v) is 11.0. The average Bonchev–Trinajstić information content (AvgIpc) is 2.39. The van der Waals surface area contributed by atoms with Gasteiger partial charge in [-0.2, -0.15) is 0 Å². The minimum atomic E-state index is 0.858. The number of aromatic nitrogens is 2. The van der Waals surface area contributed by atoms with E-state index >= 15 is 0 Å². The standard InChI is InChI=1S/C14H18N4/c1-15-14-13(8-16-10-17-14)12-7-5-4-6-11(12)9-18(2)3/h4-8,10H,9H2,1-3H3,(H,15,16,17). The van der Waals surface area contributed by atoms with Crippen LogP contribution in [-0.4, -0.2) is 36.0 Å². The van der Waals surface area contributed by atoms with E-state index in [1.54, 1.807) is 6.33 Å². The van der Waals surface area contributed by atoms with Crippen molar-refractivity contribution in [3.63, 3.8) is 0 Å². The lowest BCUT2D eigenvalue weighted by atomic mass is 10.0. The molecule has 0 spiro atoms. The number of rotatable bonds is 4. The highest BCUT2D eigenvalue weighted by molar-refractivity contribution is 5.76. The zero-order valence-electron chi connectivity index (χ0n) is 11.0. The van der Waals surface area contributed by atoms with Crippen molar-refractivity contribution in [3.8, 4) is 11.1 Å². The fourth-order valence-corrected chi connectivity index (χ4v) is 1.99. The lowest BCUT2D eigenvalue weighted by Crippen LogP contribution is -2.11. The van der Waals surface area contributed by atoms with Gasteiger partial charge in [0.25, 0.3) is 0 Å². The molecule has 18 heavy (non-hydrogen) atoms. The normalized spacial score (nSPS) is 10.7. The molecule has 4 nitrogen and oxygen atoms in total. The average molecular weight is 242 g/mol. The fourth-order valence-electron chi connectivity index (χ4n) is 1.99. The Labute approximate surface area is 108 Å². The number of nitrogens with one attached hydrogen (secondary N) is 1. The Bertz CT molecular complexity index is 523. The van der Waals surface area contributed by atoms with Crippen LogP contribution < -0.4 is 5.32 Å². The molecule has 0 atom stereocenters. The van der Waals surface area contributed by atoms with Crippen molar-refractivity contribution in [2.45, 2.75) is 6.54 Å². The summed E-state index contributed by atoms with van der Waals surface area (Å²) in [5.41, 5.74) is 3.49. The van der Waals surface area contributed by atoms with Gasteiger partial charge in [-0.1, -0.05) is 24.3 Å². The van der Waals surface area contributed by atoms with Crippen LogP contribution in [0.2, 0.25) is 0 Å². The monoisotopic (exact) mass is 242 g/mol. The van der Waals surface area contributed by atoms with E-state index in [4.69, 9.17) is 0 Å². The minimum absolute atomic E-state index is 0.858. The molecule has 0 saturated heterocycles. The molecule has 0 aliphatic carbocycles. The van der Waals surface area contributed by atoms with Gasteiger partial charge in [-0.15, -0.1) is 0 Å². The molecule has 0 saturated carbocycles. The molecule has 1 aromatic carbocycles. The predicted molar refractivity (Wildman–Crippen MR) is 74.4 cm³/mol. The molecule has 94 valence electrons. The van der Waals surface area contributed by atoms with Gasteiger partial charge in [-0.3, -0.25) is 0 Å². The van der Waals surface area contributed by atoms with Crippen LogP contribution in [0.1, 0.15) is 5.56 Å². The second-order valence-corrected chi connectivity index (χ2v) is 4.43. The van der Waals surface area contributed by atoms with E-state index in [-0.39, 0.29) is 0 Å². The summed E-state index contributed by atoms with van der Waals surface area (Å²) in [6.07, 6.45) is 3.41. The molecule has 2 aromatic rings. The summed E-state index contributed by atoms with van der Waals surface area (Å²) in [6.45, 7) is 0.897. The van der Waals surface area contributed by atoms with Gasteiger partial charge < -0.3 is 10.2 Å². The van der Waals surface area contributed by atoms with Crippen molar-refractivity contribution in [2.75, 3.05) is 26.5 Å². The third-order valence-electron chi connectivity index (χ3n) is 2.74. The van der Waals surface area contributed by atoms with Crippen LogP contribution in [0.4, 0.5) is 5.82 Å². The molecule has 1 aromatic heterocycles. The highest BCUT2D eigenvalue weighted by Gasteiger charge is 2.10.